The van der Waals surface area contributed by atoms with Gasteiger partial charge in [-0.2, -0.15) is 0 Å². The summed E-state index contributed by atoms with van der Waals surface area (Å²) in [4.78, 5) is 23.9. The van der Waals surface area contributed by atoms with E-state index in [1.54, 1.807) is 12.1 Å². The van der Waals surface area contributed by atoms with Crippen molar-refractivity contribution in [2.45, 2.75) is 84.0 Å². The second kappa shape index (κ2) is 14.2. The molecule has 0 amide bonds. The highest BCUT2D eigenvalue weighted by atomic mass is 16.5. The second-order valence-corrected chi connectivity index (χ2v) is 8.41. The van der Waals surface area contributed by atoms with E-state index < -0.39 is 0 Å². The highest BCUT2D eigenvalue weighted by Crippen LogP contribution is 2.29. The van der Waals surface area contributed by atoms with E-state index in [-0.39, 0.29) is 11.9 Å². The number of benzene rings is 1. The third kappa shape index (κ3) is 9.96. The summed E-state index contributed by atoms with van der Waals surface area (Å²) in [6.07, 6.45) is 13.2. The van der Waals surface area contributed by atoms with Gasteiger partial charge in [-0.25, -0.2) is 4.79 Å². The molecule has 0 radical (unpaired) electrons. The van der Waals surface area contributed by atoms with Crippen LogP contribution in [-0.2, 0) is 14.3 Å². The Hall–Kier alpha value is -1.84. The SMILES string of the molecule is CCCCCCCCCC(=O)OCC1CCC(COC(=O)c2ccccc2)CC1. The van der Waals surface area contributed by atoms with Gasteiger partial charge in [-0.15, -0.1) is 0 Å². The van der Waals surface area contributed by atoms with Gasteiger partial charge in [0.2, 0.25) is 0 Å². The molecule has 2 rings (SSSR count). The average Bonchev–Trinajstić information content (AvgIpc) is 2.76. The number of esters is 2. The highest BCUT2D eigenvalue weighted by Gasteiger charge is 2.23. The van der Waals surface area contributed by atoms with E-state index in [1.165, 1.54) is 32.1 Å². The van der Waals surface area contributed by atoms with Crippen molar-refractivity contribution >= 4 is 11.9 Å². The first-order valence-corrected chi connectivity index (χ1v) is 11.6. The van der Waals surface area contributed by atoms with Crippen LogP contribution in [0.4, 0.5) is 0 Å². The van der Waals surface area contributed by atoms with E-state index in [0.29, 0.717) is 37.0 Å². The molecule has 0 bridgehead atoms. The number of rotatable bonds is 13. The Labute approximate surface area is 176 Å². The van der Waals surface area contributed by atoms with Gasteiger partial charge in [0.1, 0.15) is 0 Å². The molecule has 1 aromatic rings. The monoisotopic (exact) mass is 402 g/mol. The minimum atomic E-state index is -0.244. The predicted octanol–water partition coefficient (Wildman–Crippen LogP) is 6.33. The predicted molar refractivity (Wildman–Crippen MR) is 116 cm³/mol. The molecule has 1 aromatic carbocycles. The molecular formula is C25H38O4. The lowest BCUT2D eigenvalue weighted by atomic mass is 9.83. The van der Waals surface area contributed by atoms with E-state index in [1.807, 2.05) is 18.2 Å². The van der Waals surface area contributed by atoms with E-state index in [2.05, 4.69) is 6.92 Å². The lowest BCUT2D eigenvalue weighted by molar-refractivity contribution is -0.145. The largest absolute Gasteiger partial charge is 0.465 e. The van der Waals surface area contributed by atoms with E-state index >= 15 is 0 Å². The number of hydrogen-bond donors (Lipinski definition) is 0. The van der Waals surface area contributed by atoms with Gasteiger partial charge in [-0.05, 0) is 56.1 Å². The first-order chi connectivity index (χ1) is 14.2. The normalized spacial score (nSPS) is 18.9. The molecule has 1 fully saturated rings. The summed E-state index contributed by atoms with van der Waals surface area (Å²) in [6.45, 7) is 3.26. The minimum absolute atomic E-state index is 0.0440. The molecule has 1 saturated carbocycles. The number of unbranched alkanes of at least 4 members (excludes halogenated alkanes) is 6. The molecule has 0 saturated heterocycles. The third-order valence-electron chi connectivity index (χ3n) is 5.89. The van der Waals surface area contributed by atoms with Gasteiger partial charge < -0.3 is 9.47 Å². The van der Waals surface area contributed by atoms with Gasteiger partial charge in [0.15, 0.2) is 0 Å². The number of hydrogen-bond acceptors (Lipinski definition) is 4. The van der Waals surface area contributed by atoms with E-state index in [9.17, 15) is 9.59 Å². The van der Waals surface area contributed by atoms with Crippen LogP contribution in [0, 0.1) is 11.8 Å². The fourth-order valence-electron chi connectivity index (χ4n) is 3.93. The van der Waals surface area contributed by atoms with Crippen LogP contribution in [-0.4, -0.2) is 25.2 Å². The molecule has 0 unspecified atom stereocenters. The minimum Gasteiger partial charge on any atom is -0.465 e. The van der Waals surface area contributed by atoms with Crippen LogP contribution in [0.15, 0.2) is 30.3 Å². The summed E-state index contributed by atoms with van der Waals surface area (Å²) >= 11 is 0. The maximum atomic E-state index is 12.0. The van der Waals surface area contributed by atoms with E-state index in [4.69, 9.17) is 9.47 Å². The molecule has 4 heteroatoms. The number of carbonyl (C=O) groups excluding carboxylic acids is 2. The van der Waals surface area contributed by atoms with Gasteiger partial charge in [-0.1, -0.05) is 63.6 Å². The van der Waals surface area contributed by atoms with E-state index in [0.717, 1.165) is 38.5 Å². The van der Waals surface area contributed by atoms with Crippen molar-refractivity contribution in [1.82, 2.24) is 0 Å². The molecule has 1 aliphatic carbocycles. The lowest BCUT2D eigenvalue weighted by Crippen LogP contribution is -2.23. The summed E-state index contributed by atoms with van der Waals surface area (Å²) in [5.41, 5.74) is 0.606. The maximum Gasteiger partial charge on any atom is 0.338 e. The Bertz CT molecular complexity index is 576. The van der Waals surface area contributed by atoms with Gasteiger partial charge in [0.05, 0.1) is 18.8 Å². The summed E-state index contributed by atoms with van der Waals surface area (Å²) in [6, 6.07) is 9.13. The molecule has 0 aromatic heterocycles. The molecule has 0 atom stereocenters. The molecule has 162 valence electrons. The first kappa shape index (κ1) is 23.4. The van der Waals surface area contributed by atoms with Crippen molar-refractivity contribution in [3.8, 4) is 0 Å². The van der Waals surface area contributed by atoms with Crippen LogP contribution in [0.1, 0.15) is 94.3 Å². The maximum absolute atomic E-state index is 12.0. The fourth-order valence-corrected chi connectivity index (χ4v) is 3.93. The van der Waals surface area contributed by atoms with Crippen molar-refractivity contribution in [3.63, 3.8) is 0 Å². The molecular weight excluding hydrogens is 364 g/mol. The smallest absolute Gasteiger partial charge is 0.338 e. The van der Waals surface area contributed by atoms with Gasteiger partial charge >= 0.3 is 11.9 Å². The molecule has 0 aliphatic heterocycles. The summed E-state index contributed by atoms with van der Waals surface area (Å²) in [5.74, 6) is 0.584. The molecule has 1 aliphatic rings. The van der Waals surface area contributed by atoms with Crippen LogP contribution in [0.5, 0.6) is 0 Å². The average molecular weight is 403 g/mol. The van der Waals surface area contributed by atoms with Crippen LogP contribution in [0.2, 0.25) is 0 Å². The number of carbonyl (C=O) groups is 2. The quantitative estimate of drug-likeness (QED) is 0.286. The van der Waals surface area contributed by atoms with Crippen LogP contribution in [0.3, 0.4) is 0 Å². The Morgan fingerprint density at radius 2 is 1.34 bits per heavy atom. The summed E-state index contributed by atoms with van der Waals surface area (Å²) < 4.78 is 11.0. The lowest BCUT2D eigenvalue weighted by Gasteiger charge is -2.27. The van der Waals surface area contributed by atoms with Gasteiger partial charge in [-0.3, -0.25) is 4.79 Å². The first-order valence-electron chi connectivity index (χ1n) is 11.6. The van der Waals surface area contributed by atoms with Crippen LogP contribution >= 0.6 is 0 Å². The molecule has 29 heavy (non-hydrogen) atoms. The highest BCUT2D eigenvalue weighted by molar-refractivity contribution is 5.89. The van der Waals surface area contributed by atoms with Crippen molar-refractivity contribution in [1.29, 1.82) is 0 Å². The Morgan fingerprint density at radius 1 is 0.793 bits per heavy atom. The summed E-state index contributed by atoms with van der Waals surface area (Å²) in [5, 5.41) is 0. The Balaban J connectivity index is 1.49. The van der Waals surface area contributed by atoms with Gasteiger partial charge in [0, 0.05) is 6.42 Å². The van der Waals surface area contributed by atoms with Crippen molar-refractivity contribution in [2.75, 3.05) is 13.2 Å². The Morgan fingerprint density at radius 3 is 1.97 bits per heavy atom. The van der Waals surface area contributed by atoms with Crippen LogP contribution in [0.25, 0.3) is 0 Å². The van der Waals surface area contributed by atoms with Crippen LogP contribution < -0.4 is 0 Å². The van der Waals surface area contributed by atoms with Crippen molar-refractivity contribution < 1.29 is 19.1 Å². The number of ether oxygens (including phenoxy) is 2. The third-order valence-corrected chi connectivity index (χ3v) is 5.89. The van der Waals surface area contributed by atoms with Gasteiger partial charge in [0.25, 0.3) is 0 Å². The molecule has 0 spiro atoms. The molecule has 4 nitrogen and oxygen atoms in total. The zero-order valence-corrected chi connectivity index (χ0v) is 18.1. The second-order valence-electron chi connectivity index (χ2n) is 8.41. The molecule has 0 N–H and O–H groups in total. The summed E-state index contributed by atoms with van der Waals surface area (Å²) in [7, 11) is 0. The van der Waals surface area contributed by atoms with Crippen molar-refractivity contribution in [2.24, 2.45) is 11.8 Å². The zero-order valence-electron chi connectivity index (χ0n) is 18.1. The zero-order chi connectivity index (χ0) is 20.7. The van der Waals surface area contributed by atoms with Crippen molar-refractivity contribution in [3.05, 3.63) is 35.9 Å². The topological polar surface area (TPSA) is 52.6 Å². The molecule has 0 heterocycles. The Kier molecular flexibility index (Phi) is 11.5. The standard InChI is InChI=1S/C25H38O4/c1-2-3-4-5-6-7-11-14-24(26)28-19-21-15-17-22(18-16-21)20-29-25(27)23-12-9-8-10-13-23/h8-10,12-13,21-22H,2-7,11,14-20H2,1H3. The fraction of sp³-hybridized carbons (Fsp3) is 0.680.